The van der Waals surface area contributed by atoms with Crippen LogP contribution in [0, 0.1) is 0 Å². The zero-order chi connectivity index (χ0) is 6.53. The molecule has 4 nitrogen and oxygen atoms in total. The number of aromatic nitrogens is 2. The smallest absolute Gasteiger partial charge is 0.246 e. The number of nitrogens with one attached hydrogen (secondary N) is 1. The van der Waals surface area contributed by atoms with Gasteiger partial charge in [0.1, 0.15) is 0 Å². The maximum atomic E-state index is 3.79. The van der Waals surface area contributed by atoms with E-state index in [4.69, 9.17) is 0 Å². The predicted octanol–water partition coefficient (Wildman–Crippen LogP) is 1.64. The molecular formula is C5H6N4. The zero-order valence-electron chi connectivity index (χ0n) is 4.78. The maximum absolute atomic E-state index is 3.79. The third-order valence-corrected chi connectivity index (χ3v) is 0.718. The van der Waals surface area contributed by atoms with E-state index in [0.29, 0.717) is 5.95 Å². The van der Waals surface area contributed by atoms with Crippen molar-refractivity contribution in [2.45, 2.75) is 0 Å². The lowest BCUT2D eigenvalue weighted by Gasteiger charge is -1.75. The average Bonchev–Trinajstić information content (AvgIpc) is 2.34. The molecule has 0 aliphatic rings. The van der Waals surface area contributed by atoms with E-state index in [-0.39, 0.29) is 0 Å². The largest absolute Gasteiger partial charge is 0.328 e. The van der Waals surface area contributed by atoms with E-state index >= 15 is 0 Å². The summed E-state index contributed by atoms with van der Waals surface area (Å²) in [5.74, 6) is 0.495. The van der Waals surface area contributed by atoms with Crippen molar-refractivity contribution in [1.82, 2.24) is 9.97 Å². The highest BCUT2D eigenvalue weighted by atomic mass is 15.2. The van der Waals surface area contributed by atoms with E-state index in [2.05, 4.69) is 26.8 Å². The fraction of sp³-hybridized carbons (Fsp3) is 0. The Labute approximate surface area is 52.3 Å². The number of H-pyrrole nitrogens is 1. The summed E-state index contributed by atoms with van der Waals surface area (Å²) in [7, 11) is 0. The topological polar surface area (TPSA) is 53.4 Å². The standard InChI is InChI=1S/C5H6N4/c1-2-8-9-5-6-3-4-7-5/h2-4H,1H2,(H,6,7). The Morgan fingerprint density at radius 3 is 3.22 bits per heavy atom. The normalized spacial score (nSPS) is 10.2. The summed E-state index contributed by atoms with van der Waals surface area (Å²) in [6.45, 7) is 3.36. The first kappa shape index (κ1) is 5.68. The minimum Gasteiger partial charge on any atom is -0.328 e. The van der Waals surface area contributed by atoms with Crippen LogP contribution in [0.4, 0.5) is 5.95 Å². The van der Waals surface area contributed by atoms with E-state index in [9.17, 15) is 0 Å². The minimum absolute atomic E-state index is 0.495. The van der Waals surface area contributed by atoms with Crippen molar-refractivity contribution < 1.29 is 0 Å². The van der Waals surface area contributed by atoms with Crippen LogP contribution in [-0.4, -0.2) is 9.97 Å². The van der Waals surface area contributed by atoms with Crippen molar-refractivity contribution >= 4 is 5.95 Å². The van der Waals surface area contributed by atoms with Crippen LogP contribution in [0.3, 0.4) is 0 Å². The van der Waals surface area contributed by atoms with Gasteiger partial charge in [-0.15, -0.1) is 5.11 Å². The van der Waals surface area contributed by atoms with Gasteiger partial charge in [0, 0.05) is 18.6 Å². The maximum Gasteiger partial charge on any atom is 0.246 e. The molecule has 1 heterocycles. The Kier molecular flexibility index (Phi) is 1.74. The fourth-order valence-electron chi connectivity index (χ4n) is 0.407. The van der Waals surface area contributed by atoms with Crippen LogP contribution < -0.4 is 0 Å². The van der Waals surface area contributed by atoms with Crippen LogP contribution in [0.5, 0.6) is 0 Å². The molecule has 0 aliphatic carbocycles. The van der Waals surface area contributed by atoms with Gasteiger partial charge in [-0.2, -0.15) is 5.11 Å². The van der Waals surface area contributed by atoms with Gasteiger partial charge in [0.25, 0.3) is 0 Å². The Balaban J connectivity index is 2.67. The van der Waals surface area contributed by atoms with Crippen LogP contribution in [0.2, 0.25) is 0 Å². The molecule has 0 saturated carbocycles. The Hall–Kier alpha value is -1.45. The highest BCUT2D eigenvalue weighted by Gasteiger charge is 1.83. The van der Waals surface area contributed by atoms with E-state index in [1.165, 1.54) is 6.20 Å². The molecule has 0 radical (unpaired) electrons. The van der Waals surface area contributed by atoms with Crippen molar-refractivity contribution in [2.24, 2.45) is 10.2 Å². The number of nitrogens with zero attached hydrogens (tertiary/aromatic N) is 3. The molecule has 0 amide bonds. The number of hydrogen-bond donors (Lipinski definition) is 1. The summed E-state index contributed by atoms with van der Waals surface area (Å²) >= 11 is 0. The summed E-state index contributed by atoms with van der Waals surface area (Å²) in [5, 5.41) is 7.13. The molecule has 4 heteroatoms. The molecule has 0 fully saturated rings. The van der Waals surface area contributed by atoms with Crippen molar-refractivity contribution in [2.75, 3.05) is 0 Å². The van der Waals surface area contributed by atoms with Crippen molar-refractivity contribution in [3.63, 3.8) is 0 Å². The second kappa shape index (κ2) is 2.76. The third kappa shape index (κ3) is 1.49. The fourth-order valence-corrected chi connectivity index (χ4v) is 0.407. The van der Waals surface area contributed by atoms with Gasteiger partial charge >= 0.3 is 0 Å². The Bertz CT molecular complexity index is 199. The number of aromatic amines is 1. The molecule has 0 aliphatic heterocycles. The Morgan fingerprint density at radius 1 is 1.78 bits per heavy atom. The molecule has 0 saturated heterocycles. The molecule has 1 aromatic rings. The van der Waals surface area contributed by atoms with Crippen molar-refractivity contribution in [1.29, 1.82) is 0 Å². The molecule has 0 bridgehead atoms. The van der Waals surface area contributed by atoms with Crippen molar-refractivity contribution in [3.8, 4) is 0 Å². The van der Waals surface area contributed by atoms with Gasteiger partial charge in [0.15, 0.2) is 0 Å². The average molecular weight is 122 g/mol. The quantitative estimate of drug-likeness (QED) is 0.595. The van der Waals surface area contributed by atoms with E-state index in [0.717, 1.165) is 0 Å². The van der Waals surface area contributed by atoms with Crippen LogP contribution in [0.25, 0.3) is 0 Å². The van der Waals surface area contributed by atoms with Crippen LogP contribution in [-0.2, 0) is 0 Å². The highest BCUT2D eigenvalue weighted by Crippen LogP contribution is 1.99. The van der Waals surface area contributed by atoms with Gasteiger partial charge < -0.3 is 4.98 Å². The second-order valence-electron chi connectivity index (χ2n) is 1.31. The monoisotopic (exact) mass is 122 g/mol. The first-order valence-corrected chi connectivity index (χ1v) is 2.44. The minimum atomic E-state index is 0.495. The lowest BCUT2D eigenvalue weighted by atomic mass is 11.0. The van der Waals surface area contributed by atoms with Gasteiger partial charge in [-0.05, 0) is 0 Å². The van der Waals surface area contributed by atoms with Gasteiger partial charge in [0.2, 0.25) is 5.95 Å². The van der Waals surface area contributed by atoms with E-state index < -0.39 is 0 Å². The predicted molar refractivity (Wildman–Crippen MR) is 33.3 cm³/mol. The van der Waals surface area contributed by atoms with Gasteiger partial charge in [0.05, 0.1) is 0 Å². The second-order valence-corrected chi connectivity index (χ2v) is 1.31. The molecule has 1 aromatic heterocycles. The molecule has 0 unspecified atom stereocenters. The third-order valence-electron chi connectivity index (χ3n) is 0.718. The Morgan fingerprint density at radius 2 is 2.67 bits per heavy atom. The first-order chi connectivity index (χ1) is 4.43. The summed E-state index contributed by atoms with van der Waals surface area (Å²) in [6, 6.07) is 0. The summed E-state index contributed by atoms with van der Waals surface area (Å²) < 4.78 is 0. The van der Waals surface area contributed by atoms with Crippen LogP contribution in [0.1, 0.15) is 0 Å². The number of rotatable bonds is 2. The SMILES string of the molecule is C=CN=Nc1ncc[nH]1. The molecule has 9 heavy (non-hydrogen) atoms. The summed E-state index contributed by atoms with van der Waals surface area (Å²) in [5.41, 5.74) is 0. The van der Waals surface area contributed by atoms with Crippen LogP contribution in [0.15, 0.2) is 35.4 Å². The molecule has 1 N–H and O–H groups in total. The summed E-state index contributed by atoms with van der Waals surface area (Å²) in [6.07, 6.45) is 4.64. The van der Waals surface area contributed by atoms with Gasteiger partial charge in [-0.3, -0.25) is 0 Å². The molecule has 1 rings (SSSR count). The van der Waals surface area contributed by atoms with Gasteiger partial charge in [-0.25, -0.2) is 4.98 Å². The molecular weight excluding hydrogens is 116 g/mol. The van der Waals surface area contributed by atoms with E-state index in [1.54, 1.807) is 12.4 Å². The molecule has 46 valence electrons. The molecule has 0 spiro atoms. The zero-order valence-corrected chi connectivity index (χ0v) is 4.78. The highest BCUT2D eigenvalue weighted by molar-refractivity contribution is 5.10. The molecule has 0 aromatic carbocycles. The number of imidazole rings is 1. The van der Waals surface area contributed by atoms with E-state index in [1.807, 2.05) is 0 Å². The van der Waals surface area contributed by atoms with Crippen LogP contribution >= 0.6 is 0 Å². The van der Waals surface area contributed by atoms with Crippen molar-refractivity contribution in [3.05, 3.63) is 25.2 Å². The number of hydrogen-bond acceptors (Lipinski definition) is 3. The lowest BCUT2D eigenvalue weighted by Crippen LogP contribution is -1.60. The summed E-state index contributed by atoms with van der Waals surface area (Å²) in [4.78, 5) is 6.54. The lowest BCUT2D eigenvalue weighted by molar-refractivity contribution is 1.12. The first-order valence-electron chi connectivity index (χ1n) is 2.44. The number of azo groups is 1. The van der Waals surface area contributed by atoms with Gasteiger partial charge in [-0.1, -0.05) is 6.58 Å². The molecule has 0 atom stereocenters.